The summed E-state index contributed by atoms with van der Waals surface area (Å²) in [5.41, 5.74) is 1.81. The zero-order chi connectivity index (χ0) is 30.9. The molecule has 1 saturated carbocycles. The first-order chi connectivity index (χ1) is 20.5. The fourth-order valence-corrected chi connectivity index (χ4v) is 7.50. The van der Waals surface area contributed by atoms with Crippen LogP contribution < -0.4 is 5.32 Å². The number of rotatable bonds is 7. The first-order valence-corrected chi connectivity index (χ1v) is 16.2. The second-order valence-corrected chi connectivity index (χ2v) is 13.9. The van der Waals surface area contributed by atoms with Crippen LogP contribution in [0, 0.1) is 0 Å². The molecule has 0 saturated heterocycles. The topological polar surface area (TPSA) is 95.9 Å². The lowest BCUT2D eigenvalue weighted by molar-refractivity contribution is -0.125. The van der Waals surface area contributed by atoms with E-state index < -0.39 is 29.7 Å². The van der Waals surface area contributed by atoms with E-state index in [1.165, 1.54) is 11.3 Å². The van der Waals surface area contributed by atoms with Gasteiger partial charge in [0.15, 0.2) is 0 Å². The maximum absolute atomic E-state index is 14.2. The monoisotopic (exact) mass is 642 g/mol. The van der Waals surface area contributed by atoms with Gasteiger partial charge in [0.05, 0.1) is 24.1 Å². The van der Waals surface area contributed by atoms with E-state index in [9.17, 15) is 19.5 Å². The smallest absolute Gasteiger partial charge is 0.349 e. The molecule has 3 aromatic rings. The molecule has 0 spiro atoms. The normalized spacial score (nSPS) is 22.2. The Morgan fingerprint density at radius 3 is 2.53 bits per heavy atom. The number of nitrogens with one attached hydrogen (secondary N) is 1. The van der Waals surface area contributed by atoms with Gasteiger partial charge in [-0.1, -0.05) is 60.3 Å². The third kappa shape index (κ3) is 6.78. The van der Waals surface area contributed by atoms with Crippen molar-refractivity contribution in [2.24, 2.45) is 0 Å². The summed E-state index contributed by atoms with van der Waals surface area (Å²) < 4.78 is 5.56. The van der Waals surface area contributed by atoms with Crippen LogP contribution in [0.25, 0.3) is 0 Å². The lowest BCUT2D eigenvalue weighted by atomic mass is 9.76. The molecule has 10 heteroatoms. The van der Waals surface area contributed by atoms with Crippen LogP contribution in [0.3, 0.4) is 0 Å². The zero-order valence-electron chi connectivity index (χ0n) is 24.4. The van der Waals surface area contributed by atoms with Crippen LogP contribution >= 0.6 is 34.5 Å². The highest BCUT2D eigenvalue weighted by Crippen LogP contribution is 2.47. The molecule has 1 aliphatic heterocycles. The number of thiophene rings is 1. The molecule has 1 aliphatic carbocycles. The number of benzene rings is 2. The number of ether oxygens (including phenoxy) is 1. The van der Waals surface area contributed by atoms with Crippen LogP contribution in [-0.4, -0.2) is 52.1 Å². The molecular formula is C33H36Cl2N2O5S. The number of amides is 2. The minimum Gasteiger partial charge on any atom is -0.456 e. The van der Waals surface area contributed by atoms with Gasteiger partial charge in [-0.3, -0.25) is 9.59 Å². The van der Waals surface area contributed by atoms with E-state index in [1.807, 2.05) is 44.4 Å². The molecule has 4 atom stereocenters. The van der Waals surface area contributed by atoms with E-state index in [0.29, 0.717) is 50.9 Å². The van der Waals surface area contributed by atoms with Crippen LogP contribution in [0.4, 0.5) is 0 Å². The summed E-state index contributed by atoms with van der Waals surface area (Å²) >= 11 is 14.3. The second-order valence-electron chi connectivity index (χ2n) is 12.1. The van der Waals surface area contributed by atoms with Crippen LogP contribution in [0.1, 0.15) is 95.1 Å². The first-order valence-electron chi connectivity index (χ1n) is 14.6. The Hall–Kier alpha value is -2.91. The standard InChI is InChI=1S/C33H36Cl2N2O5S/c1-33(2,3)42-32(41)29-19(15-17-43-29)14-16-36-30(39)27-21-8-4-5-9-22(21)31(40)37(25-10-6-7-11-26(25)38)28(27)23-13-12-20(34)18-24(23)35/h4-5,8-9,12-13,15,17-18,25-28,38H,6-7,10-11,14,16H2,1-3H3,(H,36,39)/t25-,26-,27+,28-/m0/s1. The maximum atomic E-state index is 14.2. The maximum Gasteiger partial charge on any atom is 0.349 e. The summed E-state index contributed by atoms with van der Waals surface area (Å²) in [6, 6.07) is 12.9. The number of carbonyl (C=O) groups is 3. The lowest BCUT2D eigenvalue weighted by Gasteiger charge is -2.48. The Bertz CT molecular complexity index is 1520. The lowest BCUT2D eigenvalue weighted by Crippen LogP contribution is -2.55. The summed E-state index contributed by atoms with van der Waals surface area (Å²) in [5, 5.41) is 16.8. The Balaban J connectivity index is 1.48. The highest BCUT2D eigenvalue weighted by Gasteiger charge is 2.48. The molecular weight excluding hydrogens is 607 g/mol. The average Bonchev–Trinajstić information content (AvgIpc) is 3.42. The van der Waals surface area contributed by atoms with Gasteiger partial charge in [-0.05, 0) is 86.4 Å². The summed E-state index contributed by atoms with van der Waals surface area (Å²) in [7, 11) is 0. The van der Waals surface area contributed by atoms with Gasteiger partial charge in [0.1, 0.15) is 10.5 Å². The molecule has 0 radical (unpaired) electrons. The van der Waals surface area contributed by atoms with Crippen LogP contribution in [0.15, 0.2) is 53.9 Å². The van der Waals surface area contributed by atoms with E-state index >= 15 is 0 Å². The molecule has 228 valence electrons. The van der Waals surface area contributed by atoms with E-state index in [1.54, 1.807) is 35.2 Å². The SMILES string of the molecule is CC(C)(C)OC(=O)c1sccc1CCNC(=O)[C@@H]1c2ccccc2C(=O)N([C@H]2CCCC[C@@H]2O)[C@H]1c1ccc(Cl)cc1Cl. The minimum absolute atomic E-state index is 0.234. The fourth-order valence-electron chi connectivity index (χ4n) is 6.15. The largest absolute Gasteiger partial charge is 0.456 e. The molecule has 5 rings (SSSR count). The predicted molar refractivity (Wildman–Crippen MR) is 169 cm³/mol. The quantitative estimate of drug-likeness (QED) is 0.272. The van der Waals surface area contributed by atoms with Crippen LogP contribution in [0.2, 0.25) is 10.0 Å². The predicted octanol–water partition coefficient (Wildman–Crippen LogP) is 6.95. The van der Waals surface area contributed by atoms with E-state index in [0.717, 1.165) is 18.4 Å². The first kappa shape index (κ1) is 31.5. The molecule has 2 aromatic carbocycles. The number of fused-ring (bicyclic) bond motifs is 1. The number of esters is 1. The van der Waals surface area contributed by atoms with Gasteiger partial charge >= 0.3 is 5.97 Å². The highest BCUT2D eigenvalue weighted by molar-refractivity contribution is 7.12. The average molecular weight is 644 g/mol. The summed E-state index contributed by atoms with van der Waals surface area (Å²) in [6.07, 6.45) is 2.65. The van der Waals surface area contributed by atoms with Crippen molar-refractivity contribution in [2.45, 2.75) is 82.6 Å². The number of hydrogen-bond donors (Lipinski definition) is 2. The van der Waals surface area contributed by atoms with Crippen molar-refractivity contribution in [1.29, 1.82) is 0 Å². The molecule has 2 heterocycles. The Labute approximate surface area is 266 Å². The van der Waals surface area contributed by atoms with Crippen LogP contribution in [-0.2, 0) is 16.0 Å². The molecule has 2 amide bonds. The zero-order valence-corrected chi connectivity index (χ0v) is 26.8. The van der Waals surface area contributed by atoms with Crippen molar-refractivity contribution in [3.05, 3.63) is 91.1 Å². The van der Waals surface area contributed by atoms with Crippen molar-refractivity contribution in [2.75, 3.05) is 6.54 Å². The molecule has 7 nitrogen and oxygen atoms in total. The Morgan fingerprint density at radius 2 is 1.81 bits per heavy atom. The van der Waals surface area contributed by atoms with Crippen molar-refractivity contribution in [1.82, 2.24) is 10.2 Å². The van der Waals surface area contributed by atoms with Crippen molar-refractivity contribution in [3.8, 4) is 0 Å². The van der Waals surface area contributed by atoms with Gasteiger partial charge in [0.2, 0.25) is 5.91 Å². The van der Waals surface area contributed by atoms with Gasteiger partial charge in [0, 0.05) is 22.2 Å². The number of nitrogens with zero attached hydrogens (tertiary/aromatic N) is 1. The van der Waals surface area contributed by atoms with Gasteiger partial charge in [0.25, 0.3) is 5.91 Å². The Morgan fingerprint density at radius 1 is 1.07 bits per heavy atom. The molecule has 0 unspecified atom stereocenters. The van der Waals surface area contributed by atoms with Gasteiger partial charge < -0.3 is 20.1 Å². The summed E-state index contributed by atoms with van der Waals surface area (Å²) in [4.78, 5) is 43.3. The minimum atomic E-state index is -0.797. The molecule has 2 N–H and O–H groups in total. The number of carbonyl (C=O) groups excluding carboxylic acids is 3. The molecule has 43 heavy (non-hydrogen) atoms. The summed E-state index contributed by atoms with van der Waals surface area (Å²) in [6.45, 7) is 5.74. The molecule has 1 aromatic heterocycles. The summed E-state index contributed by atoms with van der Waals surface area (Å²) in [5.74, 6) is -1.70. The van der Waals surface area contributed by atoms with Gasteiger partial charge in [-0.15, -0.1) is 11.3 Å². The number of hydrogen-bond acceptors (Lipinski definition) is 6. The highest BCUT2D eigenvalue weighted by atomic mass is 35.5. The van der Waals surface area contributed by atoms with Gasteiger partial charge in [-0.2, -0.15) is 0 Å². The second kappa shape index (κ2) is 13.0. The third-order valence-corrected chi connectivity index (χ3v) is 9.51. The number of aliphatic hydroxyl groups excluding tert-OH is 1. The van der Waals surface area contributed by atoms with Crippen molar-refractivity contribution < 1.29 is 24.2 Å². The number of halogens is 2. The molecule has 2 aliphatic rings. The molecule has 0 bridgehead atoms. The van der Waals surface area contributed by atoms with Crippen molar-refractivity contribution in [3.63, 3.8) is 0 Å². The van der Waals surface area contributed by atoms with E-state index in [4.69, 9.17) is 27.9 Å². The number of aliphatic hydroxyl groups is 1. The third-order valence-electron chi connectivity index (χ3n) is 8.02. The Kier molecular flexibility index (Phi) is 9.52. The fraction of sp³-hybridized carbons (Fsp3) is 0.424. The van der Waals surface area contributed by atoms with Crippen molar-refractivity contribution >= 4 is 52.3 Å². The van der Waals surface area contributed by atoms with E-state index in [-0.39, 0.29) is 24.3 Å². The van der Waals surface area contributed by atoms with Gasteiger partial charge in [-0.25, -0.2) is 4.79 Å². The molecule has 1 fully saturated rings. The van der Waals surface area contributed by atoms with E-state index in [2.05, 4.69) is 5.32 Å². The van der Waals surface area contributed by atoms with Crippen LogP contribution in [0.5, 0.6) is 0 Å².